The number of alkyl halides is 1. The lowest BCUT2D eigenvalue weighted by atomic mass is 10.2. The largest absolute Gasteiger partial charge is 0.284 e. The Kier molecular flexibility index (Phi) is 3.33. The summed E-state index contributed by atoms with van der Waals surface area (Å²) in [5.74, 6) is 0. The minimum Gasteiger partial charge on any atom is -0.284 e. The Hall–Kier alpha value is -0.550. The van der Waals surface area contributed by atoms with Crippen LogP contribution < -0.4 is 4.72 Å². The van der Waals surface area contributed by atoms with Gasteiger partial charge in [-0.2, -0.15) is 0 Å². The van der Waals surface area contributed by atoms with E-state index in [4.69, 9.17) is 0 Å². The van der Waals surface area contributed by atoms with E-state index in [1.807, 2.05) is 12.1 Å². The highest BCUT2D eigenvalue weighted by molar-refractivity contribution is 9.08. The third kappa shape index (κ3) is 3.78. The van der Waals surface area contributed by atoms with Crippen LogP contribution in [-0.4, -0.2) is 14.7 Å². The lowest BCUT2D eigenvalue weighted by Crippen LogP contribution is -2.09. The highest BCUT2D eigenvalue weighted by atomic mass is 79.9. The molecule has 0 aliphatic rings. The van der Waals surface area contributed by atoms with Crippen molar-refractivity contribution >= 4 is 31.6 Å². The summed E-state index contributed by atoms with van der Waals surface area (Å²) in [5, 5.41) is 0.715. The minimum absolute atomic E-state index is 0.597. The number of halogens is 1. The van der Waals surface area contributed by atoms with Crippen LogP contribution in [0.5, 0.6) is 0 Å². The van der Waals surface area contributed by atoms with Crippen molar-refractivity contribution in [3.05, 3.63) is 29.8 Å². The van der Waals surface area contributed by atoms with Gasteiger partial charge in [-0.1, -0.05) is 28.1 Å². The van der Waals surface area contributed by atoms with Gasteiger partial charge in [-0.15, -0.1) is 0 Å². The Labute approximate surface area is 86.3 Å². The van der Waals surface area contributed by atoms with E-state index < -0.39 is 10.0 Å². The van der Waals surface area contributed by atoms with Crippen LogP contribution in [0.3, 0.4) is 0 Å². The lowest BCUT2D eigenvalue weighted by molar-refractivity contribution is 0.607. The van der Waals surface area contributed by atoms with Crippen LogP contribution >= 0.6 is 15.9 Å². The van der Waals surface area contributed by atoms with Crippen LogP contribution in [0.25, 0.3) is 0 Å². The monoisotopic (exact) mass is 263 g/mol. The molecule has 72 valence electrons. The van der Waals surface area contributed by atoms with Gasteiger partial charge in [0.25, 0.3) is 0 Å². The van der Waals surface area contributed by atoms with Crippen molar-refractivity contribution < 1.29 is 8.42 Å². The first-order chi connectivity index (χ1) is 6.01. The van der Waals surface area contributed by atoms with Gasteiger partial charge in [0.1, 0.15) is 0 Å². The number of nitrogens with one attached hydrogen (secondary N) is 1. The molecule has 0 bridgehead atoms. The van der Waals surface area contributed by atoms with Crippen LogP contribution in [0.1, 0.15) is 5.56 Å². The van der Waals surface area contributed by atoms with E-state index in [1.165, 1.54) is 0 Å². The normalized spacial score (nSPS) is 11.2. The minimum atomic E-state index is -3.17. The quantitative estimate of drug-likeness (QED) is 0.848. The van der Waals surface area contributed by atoms with Crippen LogP contribution in [0.15, 0.2) is 24.3 Å². The molecule has 1 rings (SSSR count). The maximum atomic E-state index is 10.9. The molecule has 0 saturated carbocycles. The second-order valence-corrected chi connectivity index (χ2v) is 5.02. The van der Waals surface area contributed by atoms with Crippen molar-refractivity contribution in [2.24, 2.45) is 0 Å². The average molecular weight is 264 g/mol. The molecule has 0 atom stereocenters. The van der Waals surface area contributed by atoms with Crippen LogP contribution in [0.2, 0.25) is 0 Å². The van der Waals surface area contributed by atoms with Gasteiger partial charge >= 0.3 is 0 Å². The molecule has 0 heterocycles. The van der Waals surface area contributed by atoms with Crippen molar-refractivity contribution in [3.63, 3.8) is 0 Å². The Morgan fingerprint density at radius 2 is 2.15 bits per heavy atom. The number of anilines is 1. The van der Waals surface area contributed by atoms with Gasteiger partial charge in [0.15, 0.2) is 0 Å². The maximum Gasteiger partial charge on any atom is 0.229 e. The van der Waals surface area contributed by atoms with Crippen LogP contribution in [-0.2, 0) is 15.4 Å². The van der Waals surface area contributed by atoms with E-state index >= 15 is 0 Å². The highest BCUT2D eigenvalue weighted by Crippen LogP contribution is 2.13. The lowest BCUT2D eigenvalue weighted by Gasteiger charge is -2.04. The van der Waals surface area contributed by atoms with Gasteiger partial charge in [0.2, 0.25) is 10.0 Å². The van der Waals surface area contributed by atoms with Crippen LogP contribution in [0, 0.1) is 0 Å². The Bertz CT molecular complexity index is 389. The predicted octanol–water partition coefficient (Wildman–Crippen LogP) is 1.95. The number of benzene rings is 1. The first kappa shape index (κ1) is 10.5. The van der Waals surface area contributed by atoms with Gasteiger partial charge < -0.3 is 0 Å². The predicted molar refractivity (Wildman–Crippen MR) is 57.5 cm³/mol. The Morgan fingerprint density at radius 3 is 2.69 bits per heavy atom. The molecule has 0 amide bonds. The van der Waals surface area contributed by atoms with E-state index in [-0.39, 0.29) is 0 Å². The van der Waals surface area contributed by atoms with E-state index in [0.29, 0.717) is 11.0 Å². The highest BCUT2D eigenvalue weighted by Gasteiger charge is 2.01. The maximum absolute atomic E-state index is 10.9. The molecular weight excluding hydrogens is 254 g/mol. The number of hydrogen-bond acceptors (Lipinski definition) is 2. The molecule has 0 aromatic heterocycles. The molecule has 0 radical (unpaired) electrons. The summed E-state index contributed by atoms with van der Waals surface area (Å²) >= 11 is 3.29. The summed E-state index contributed by atoms with van der Waals surface area (Å²) < 4.78 is 24.2. The zero-order valence-corrected chi connectivity index (χ0v) is 9.52. The van der Waals surface area contributed by atoms with E-state index in [2.05, 4.69) is 20.7 Å². The third-order valence-corrected chi connectivity index (χ3v) is 2.64. The first-order valence-electron chi connectivity index (χ1n) is 3.64. The van der Waals surface area contributed by atoms with Gasteiger partial charge in [0, 0.05) is 11.0 Å². The summed E-state index contributed by atoms with van der Waals surface area (Å²) in [6, 6.07) is 7.23. The average Bonchev–Trinajstić information content (AvgIpc) is 2.01. The molecule has 0 aliphatic heterocycles. The van der Waals surface area contributed by atoms with Gasteiger partial charge in [0.05, 0.1) is 6.26 Å². The number of rotatable bonds is 3. The van der Waals surface area contributed by atoms with Gasteiger partial charge in [-0.05, 0) is 17.7 Å². The van der Waals surface area contributed by atoms with Crippen molar-refractivity contribution in [1.82, 2.24) is 0 Å². The molecule has 13 heavy (non-hydrogen) atoms. The first-order valence-corrected chi connectivity index (χ1v) is 6.65. The van der Waals surface area contributed by atoms with E-state index in [9.17, 15) is 8.42 Å². The zero-order valence-electron chi connectivity index (χ0n) is 7.12. The number of sulfonamides is 1. The molecule has 0 fully saturated rings. The molecule has 0 unspecified atom stereocenters. The molecule has 3 nitrogen and oxygen atoms in total. The van der Waals surface area contributed by atoms with Crippen molar-refractivity contribution in [2.75, 3.05) is 11.0 Å². The Balaban J connectivity index is 2.90. The molecule has 0 spiro atoms. The van der Waals surface area contributed by atoms with Gasteiger partial charge in [-0.25, -0.2) is 8.42 Å². The van der Waals surface area contributed by atoms with E-state index in [0.717, 1.165) is 11.8 Å². The topological polar surface area (TPSA) is 46.2 Å². The smallest absolute Gasteiger partial charge is 0.229 e. The van der Waals surface area contributed by atoms with Crippen molar-refractivity contribution in [3.8, 4) is 0 Å². The van der Waals surface area contributed by atoms with Crippen molar-refractivity contribution in [2.45, 2.75) is 5.33 Å². The molecule has 1 aromatic carbocycles. The fraction of sp³-hybridized carbons (Fsp3) is 0.250. The Morgan fingerprint density at radius 1 is 1.46 bits per heavy atom. The fourth-order valence-corrected chi connectivity index (χ4v) is 1.84. The second kappa shape index (κ2) is 4.11. The SMILES string of the molecule is CS(=O)(=O)Nc1cccc(CBr)c1. The summed E-state index contributed by atoms with van der Waals surface area (Å²) in [7, 11) is -3.17. The zero-order chi connectivity index (χ0) is 9.90. The molecule has 0 aliphatic carbocycles. The third-order valence-electron chi connectivity index (χ3n) is 1.38. The second-order valence-electron chi connectivity index (χ2n) is 2.71. The molecule has 1 aromatic rings. The molecular formula is C8H10BrNO2S. The summed E-state index contributed by atoms with van der Waals surface area (Å²) in [5.41, 5.74) is 1.63. The molecule has 1 N–H and O–H groups in total. The number of hydrogen-bond donors (Lipinski definition) is 1. The van der Waals surface area contributed by atoms with E-state index in [1.54, 1.807) is 12.1 Å². The summed E-state index contributed by atoms with van der Waals surface area (Å²) in [4.78, 5) is 0. The molecule has 5 heteroatoms. The molecule has 0 saturated heterocycles. The fourth-order valence-electron chi connectivity index (χ4n) is 0.932. The van der Waals surface area contributed by atoms with Gasteiger partial charge in [-0.3, -0.25) is 4.72 Å². The summed E-state index contributed by atoms with van der Waals surface area (Å²) in [6.07, 6.45) is 1.13. The van der Waals surface area contributed by atoms with Crippen LogP contribution in [0.4, 0.5) is 5.69 Å². The summed E-state index contributed by atoms with van der Waals surface area (Å²) in [6.45, 7) is 0. The standard InChI is InChI=1S/C8H10BrNO2S/c1-13(11,12)10-8-4-2-3-7(5-8)6-9/h2-5,10H,6H2,1H3. The van der Waals surface area contributed by atoms with Crippen molar-refractivity contribution in [1.29, 1.82) is 0 Å².